The summed E-state index contributed by atoms with van der Waals surface area (Å²) in [6.45, 7) is 0.635. The van der Waals surface area contributed by atoms with E-state index < -0.39 is 23.4 Å². The summed E-state index contributed by atoms with van der Waals surface area (Å²) in [5.74, 6) is -0.681. The molecule has 1 aromatic carbocycles. The van der Waals surface area contributed by atoms with Crippen LogP contribution in [0.5, 0.6) is 0 Å². The molecule has 1 saturated heterocycles. The van der Waals surface area contributed by atoms with E-state index >= 15 is 0 Å². The third-order valence-corrected chi connectivity index (χ3v) is 3.79. The Labute approximate surface area is 140 Å². The van der Waals surface area contributed by atoms with Crippen LogP contribution in [0, 0.1) is 0 Å². The predicted molar refractivity (Wildman–Crippen MR) is 81.8 cm³/mol. The molecule has 9 heteroatoms. The van der Waals surface area contributed by atoms with Crippen LogP contribution in [0.25, 0.3) is 0 Å². The molecule has 3 rings (SSSR count). The highest BCUT2D eigenvalue weighted by atomic mass is 19.4. The van der Waals surface area contributed by atoms with E-state index in [2.05, 4.69) is 20.6 Å². The fourth-order valence-electron chi connectivity index (χ4n) is 2.38. The lowest BCUT2D eigenvalue weighted by Gasteiger charge is -2.35. The van der Waals surface area contributed by atoms with Crippen LogP contribution < -0.4 is 10.6 Å². The molecule has 0 atom stereocenters. The average Bonchev–Trinajstić information content (AvgIpc) is 2.54. The molecule has 0 aliphatic carbocycles. The molecule has 0 radical (unpaired) electrons. The molecule has 0 bridgehead atoms. The van der Waals surface area contributed by atoms with E-state index in [9.17, 15) is 22.4 Å². The van der Waals surface area contributed by atoms with Crippen LogP contribution in [-0.2, 0) is 12.6 Å². The lowest BCUT2D eigenvalue weighted by atomic mass is 9.91. The molecule has 1 aliphatic rings. The Hall–Kier alpha value is -2.55. The molecule has 1 fully saturated rings. The lowest BCUT2D eigenvalue weighted by molar-refractivity contribution is -0.141. The quantitative estimate of drug-likeness (QED) is 0.829. The first-order chi connectivity index (χ1) is 11.8. The maximum atomic E-state index is 14.0. The van der Waals surface area contributed by atoms with Gasteiger partial charge in [0.15, 0.2) is 5.69 Å². The Morgan fingerprint density at radius 3 is 2.32 bits per heavy atom. The summed E-state index contributed by atoms with van der Waals surface area (Å²) < 4.78 is 51.3. The number of rotatable bonds is 4. The maximum Gasteiger partial charge on any atom is 0.434 e. The van der Waals surface area contributed by atoms with Crippen LogP contribution in [0.3, 0.4) is 0 Å². The van der Waals surface area contributed by atoms with Crippen molar-refractivity contribution < 1.29 is 22.4 Å². The Morgan fingerprint density at radius 1 is 1.16 bits per heavy atom. The van der Waals surface area contributed by atoms with Crippen molar-refractivity contribution in [2.24, 2.45) is 0 Å². The van der Waals surface area contributed by atoms with E-state index in [4.69, 9.17) is 0 Å². The van der Waals surface area contributed by atoms with Gasteiger partial charge in [-0.3, -0.25) is 4.79 Å². The molecule has 1 aromatic heterocycles. The molecule has 0 unspecified atom stereocenters. The molecule has 25 heavy (non-hydrogen) atoms. The summed E-state index contributed by atoms with van der Waals surface area (Å²) in [6, 6.07) is 6.57. The van der Waals surface area contributed by atoms with Gasteiger partial charge >= 0.3 is 6.18 Å². The van der Waals surface area contributed by atoms with E-state index in [0.717, 1.165) is 11.8 Å². The number of hydrogen-bond acceptors (Lipinski definition) is 4. The Morgan fingerprint density at radius 2 is 1.84 bits per heavy atom. The molecule has 0 saturated carbocycles. The fourth-order valence-corrected chi connectivity index (χ4v) is 2.38. The molecular weight excluding hydrogens is 340 g/mol. The average molecular weight is 354 g/mol. The number of nitrogens with zero attached hydrogens (tertiary/aromatic N) is 2. The molecule has 2 heterocycles. The topological polar surface area (TPSA) is 66.9 Å². The van der Waals surface area contributed by atoms with Crippen LogP contribution in [-0.4, -0.2) is 34.6 Å². The summed E-state index contributed by atoms with van der Waals surface area (Å²) in [5.41, 5.74) is -1.42. The van der Waals surface area contributed by atoms with E-state index in [1.54, 1.807) is 24.3 Å². The van der Waals surface area contributed by atoms with Crippen molar-refractivity contribution in [2.45, 2.75) is 18.3 Å². The minimum absolute atomic E-state index is 0.236. The summed E-state index contributed by atoms with van der Waals surface area (Å²) in [6.07, 6.45) is -3.06. The van der Waals surface area contributed by atoms with Gasteiger partial charge in [-0.05, 0) is 17.7 Å². The number of halogens is 4. The van der Waals surface area contributed by atoms with Crippen molar-refractivity contribution in [3.63, 3.8) is 0 Å². The zero-order valence-electron chi connectivity index (χ0n) is 12.9. The van der Waals surface area contributed by atoms with Crippen molar-refractivity contribution in [3.8, 4) is 0 Å². The van der Waals surface area contributed by atoms with Crippen molar-refractivity contribution in [2.75, 3.05) is 18.4 Å². The SMILES string of the molecule is O=C(Nc1ccc(CC2(F)CNC2)cc1)c1cnc(C(F)(F)F)cn1. The first-order valence-corrected chi connectivity index (χ1v) is 7.44. The zero-order valence-corrected chi connectivity index (χ0v) is 12.9. The maximum absolute atomic E-state index is 14.0. The van der Waals surface area contributed by atoms with Crippen molar-refractivity contribution in [3.05, 3.63) is 53.6 Å². The smallest absolute Gasteiger partial charge is 0.321 e. The summed E-state index contributed by atoms with van der Waals surface area (Å²) >= 11 is 0. The highest BCUT2D eigenvalue weighted by Crippen LogP contribution is 2.26. The molecule has 2 aromatic rings. The van der Waals surface area contributed by atoms with Gasteiger partial charge in [0.2, 0.25) is 0 Å². The number of aromatic nitrogens is 2. The molecule has 132 valence electrons. The predicted octanol–water partition coefficient (Wildman–Crippen LogP) is 2.60. The Bertz CT molecular complexity index is 755. The van der Waals surface area contributed by atoms with Gasteiger partial charge in [0.1, 0.15) is 11.4 Å². The molecule has 1 amide bonds. The van der Waals surface area contributed by atoms with Crippen LogP contribution in [0.1, 0.15) is 21.7 Å². The largest absolute Gasteiger partial charge is 0.434 e. The first kappa shape index (κ1) is 17.3. The highest BCUT2D eigenvalue weighted by Gasteiger charge is 2.36. The standard InChI is InChI=1S/C16H14F4N4O/c17-15(8-21-9-15)5-10-1-3-11(4-2-10)24-14(25)12-6-23-13(7-22-12)16(18,19)20/h1-4,6-7,21H,5,8-9H2,(H,24,25). The first-order valence-electron chi connectivity index (χ1n) is 7.44. The molecule has 5 nitrogen and oxygen atoms in total. The monoisotopic (exact) mass is 354 g/mol. The van der Waals surface area contributed by atoms with Gasteiger partial charge in [0, 0.05) is 25.2 Å². The number of carbonyl (C=O) groups excluding carboxylic acids is 1. The van der Waals surface area contributed by atoms with E-state index in [1.165, 1.54) is 0 Å². The Balaban J connectivity index is 1.62. The second-order valence-electron chi connectivity index (χ2n) is 5.87. The number of alkyl halides is 4. The van der Waals surface area contributed by atoms with E-state index in [-0.39, 0.29) is 12.1 Å². The number of anilines is 1. The minimum Gasteiger partial charge on any atom is -0.321 e. The number of benzene rings is 1. The van der Waals surface area contributed by atoms with Crippen molar-refractivity contribution in [1.82, 2.24) is 15.3 Å². The number of nitrogens with one attached hydrogen (secondary N) is 2. The van der Waals surface area contributed by atoms with Gasteiger partial charge in [-0.15, -0.1) is 0 Å². The third kappa shape index (κ3) is 4.11. The second-order valence-corrected chi connectivity index (χ2v) is 5.87. The third-order valence-electron chi connectivity index (χ3n) is 3.79. The molecule has 2 N–H and O–H groups in total. The zero-order chi connectivity index (χ0) is 18.1. The van der Waals surface area contributed by atoms with Crippen molar-refractivity contribution >= 4 is 11.6 Å². The molecular formula is C16H14F4N4O. The second kappa shape index (κ2) is 6.40. The van der Waals surface area contributed by atoms with Gasteiger partial charge in [-0.25, -0.2) is 14.4 Å². The van der Waals surface area contributed by atoms with Gasteiger partial charge in [-0.2, -0.15) is 13.2 Å². The number of carbonyl (C=O) groups is 1. The van der Waals surface area contributed by atoms with E-state index in [1.807, 2.05) is 0 Å². The van der Waals surface area contributed by atoms with Crippen LogP contribution in [0.2, 0.25) is 0 Å². The van der Waals surface area contributed by atoms with Gasteiger partial charge in [0.05, 0.1) is 12.4 Å². The van der Waals surface area contributed by atoms with Crippen LogP contribution in [0.15, 0.2) is 36.7 Å². The lowest BCUT2D eigenvalue weighted by Crippen LogP contribution is -2.57. The highest BCUT2D eigenvalue weighted by molar-refractivity contribution is 6.02. The molecule has 0 spiro atoms. The fraction of sp³-hybridized carbons (Fsp3) is 0.312. The van der Waals surface area contributed by atoms with Gasteiger partial charge in [0.25, 0.3) is 5.91 Å². The minimum atomic E-state index is -4.61. The summed E-state index contributed by atoms with van der Waals surface area (Å²) in [5, 5.41) is 5.38. The van der Waals surface area contributed by atoms with Crippen molar-refractivity contribution in [1.29, 1.82) is 0 Å². The summed E-state index contributed by atoms with van der Waals surface area (Å²) in [4.78, 5) is 18.6. The Kier molecular flexibility index (Phi) is 4.42. The van der Waals surface area contributed by atoms with Gasteiger partial charge < -0.3 is 10.6 Å². The normalized spacial score (nSPS) is 16.2. The van der Waals surface area contributed by atoms with E-state index in [0.29, 0.717) is 25.0 Å². The van der Waals surface area contributed by atoms with Gasteiger partial charge in [-0.1, -0.05) is 12.1 Å². The van der Waals surface area contributed by atoms with Crippen LogP contribution >= 0.6 is 0 Å². The number of amides is 1. The number of hydrogen-bond donors (Lipinski definition) is 2. The summed E-state index contributed by atoms with van der Waals surface area (Å²) in [7, 11) is 0. The van der Waals surface area contributed by atoms with Crippen LogP contribution in [0.4, 0.5) is 23.2 Å². The molecule has 1 aliphatic heterocycles.